The van der Waals surface area contributed by atoms with Crippen LogP contribution in [0.4, 0.5) is 0 Å². The Hall–Kier alpha value is -1.82. The molecule has 0 saturated heterocycles. The zero-order valence-electron chi connectivity index (χ0n) is 9.03. The summed E-state index contributed by atoms with van der Waals surface area (Å²) in [6.07, 6.45) is 2.40. The van der Waals surface area contributed by atoms with Gasteiger partial charge in [-0.2, -0.15) is 0 Å². The molecule has 0 fully saturated rings. The molecular formula is C16H12+2. The quantitative estimate of drug-likeness (QED) is 0.484. The van der Waals surface area contributed by atoms with Crippen LogP contribution in [-0.4, -0.2) is 0 Å². The van der Waals surface area contributed by atoms with Crippen LogP contribution in [0.5, 0.6) is 0 Å². The zero-order valence-corrected chi connectivity index (χ0v) is 9.03. The van der Waals surface area contributed by atoms with Crippen LogP contribution >= 0.6 is 0 Å². The van der Waals surface area contributed by atoms with Crippen LogP contribution in [0.25, 0.3) is 21.5 Å². The highest BCUT2D eigenvalue weighted by molar-refractivity contribution is 6.13. The van der Waals surface area contributed by atoms with E-state index in [0.717, 1.165) is 0 Å². The van der Waals surface area contributed by atoms with Gasteiger partial charge in [0.25, 0.3) is 0 Å². The van der Waals surface area contributed by atoms with E-state index in [1.165, 1.54) is 45.5 Å². The topological polar surface area (TPSA) is 0 Å². The number of rotatable bonds is 0. The Bertz CT molecular complexity index is 649. The third-order valence-electron chi connectivity index (χ3n) is 3.72. The highest BCUT2D eigenvalue weighted by Crippen LogP contribution is 2.35. The summed E-state index contributed by atoms with van der Waals surface area (Å²) in [7, 11) is 0. The maximum absolute atomic E-state index is 2.28. The molecule has 0 amide bonds. The minimum Gasteiger partial charge on any atom is -0.0506 e. The Labute approximate surface area is 94.5 Å². The van der Waals surface area contributed by atoms with Crippen molar-refractivity contribution in [3.05, 3.63) is 59.7 Å². The molecule has 0 unspecified atom stereocenters. The third kappa shape index (κ3) is 0.943. The molecule has 4 rings (SSSR count). The van der Waals surface area contributed by atoms with E-state index in [2.05, 4.69) is 48.5 Å². The van der Waals surface area contributed by atoms with Gasteiger partial charge in [0.05, 0.1) is 29.1 Å². The lowest BCUT2D eigenvalue weighted by atomic mass is 10.1. The van der Waals surface area contributed by atoms with Gasteiger partial charge in [0.1, 0.15) is 10.8 Å². The first-order chi connectivity index (χ1) is 7.93. The van der Waals surface area contributed by atoms with Gasteiger partial charge in [-0.05, 0) is 18.2 Å². The van der Waals surface area contributed by atoms with E-state index in [1.54, 1.807) is 0 Å². The summed E-state index contributed by atoms with van der Waals surface area (Å²) in [4.78, 5) is 0. The minimum atomic E-state index is 1.20. The molecule has 0 radical (unpaired) electrons. The van der Waals surface area contributed by atoms with Crippen molar-refractivity contribution in [3.8, 4) is 0 Å². The minimum absolute atomic E-state index is 1.20. The molecular weight excluding hydrogens is 192 g/mol. The van der Waals surface area contributed by atoms with E-state index < -0.39 is 0 Å². The van der Waals surface area contributed by atoms with E-state index in [4.69, 9.17) is 0 Å². The Kier molecular flexibility index (Phi) is 1.49. The summed E-state index contributed by atoms with van der Waals surface area (Å²) in [5, 5.41) is 5.70. The molecule has 0 saturated carbocycles. The van der Waals surface area contributed by atoms with Crippen LogP contribution in [0.2, 0.25) is 0 Å². The first-order valence-corrected chi connectivity index (χ1v) is 5.86. The summed E-state index contributed by atoms with van der Waals surface area (Å²) in [5.41, 5.74) is 3.02. The molecule has 0 heterocycles. The molecule has 0 spiro atoms. The van der Waals surface area contributed by atoms with Crippen molar-refractivity contribution in [1.29, 1.82) is 0 Å². The van der Waals surface area contributed by atoms with Crippen LogP contribution in [0.15, 0.2) is 48.5 Å². The average Bonchev–Trinajstić information content (AvgIpc) is 2.76. The molecule has 1 aliphatic rings. The summed E-state index contributed by atoms with van der Waals surface area (Å²) in [5.74, 6) is 0. The van der Waals surface area contributed by atoms with Crippen molar-refractivity contribution < 1.29 is 0 Å². The van der Waals surface area contributed by atoms with Gasteiger partial charge >= 0.3 is 0 Å². The average molecular weight is 204 g/mol. The molecule has 0 atom stereocenters. The van der Waals surface area contributed by atoms with E-state index in [-0.39, 0.29) is 0 Å². The fourth-order valence-electron chi connectivity index (χ4n) is 3.00. The second kappa shape index (κ2) is 2.85. The lowest BCUT2D eigenvalue weighted by Crippen LogP contribution is -1.75. The standard InChI is InChI=1S/C16H12/c1-3-11-7-9-13-5-2-6-14-10-8-12(4-1)16(14)15(11)13/h1-7,9H,8,10H2/q+2. The van der Waals surface area contributed by atoms with Crippen LogP contribution in [-0.2, 0) is 12.8 Å². The molecule has 3 aromatic carbocycles. The Morgan fingerprint density at radius 1 is 1.12 bits per heavy atom. The largest absolute Gasteiger partial charge is 0.122 e. The fraction of sp³-hybridized carbons (Fsp3) is 0.125. The first-order valence-electron chi connectivity index (χ1n) is 5.86. The lowest BCUT2D eigenvalue weighted by molar-refractivity contribution is 1.02. The second-order valence-corrected chi connectivity index (χ2v) is 4.60. The molecule has 0 bridgehead atoms. The van der Waals surface area contributed by atoms with Crippen molar-refractivity contribution in [2.45, 2.75) is 12.8 Å². The number of hydrogen-bond donors (Lipinski definition) is 0. The van der Waals surface area contributed by atoms with Gasteiger partial charge in [0.2, 0.25) is 0 Å². The normalized spacial score (nSPS) is 13.8. The van der Waals surface area contributed by atoms with Crippen LogP contribution < -0.4 is 0 Å². The highest BCUT2D eigenvalue weighted by Gasteiger charge is 2.23. The van der Waals surface area contributed by atoms with Gasteiger partial charge in [-0.1, -0.05) is 6.07 Å². The van der Waals surface area contributed by atoms with E-state index in [0.29, 0.717) is 0 Å². The maximum Gasteiger partial charge on any atom is 0.122 e. The molecule has 3 aromatic rings. The van der Waals surface area contributed by atoms with Gasteiger partial charge in [0.15, 0.2) is 0 Å². The maximum atomic E-state index is 2.28. The lowest BCUT2D eigenvalue weighted by Gasteiger charge is -1.81. The fourth-order valence-corrected chi connectivity index (χ4v) is 3.00. The predicted molar refractivity (Wildman–Crippen MR) is 68.9 cm³/mol. The van der Waals surface area contributed by atoms with Gasteiger partial charge in [-0.3, -0.25) is 0 Å². The van der Waals surface area contributed by atoms with Crippen LogP contribution in [0.3, 0.4) is 0 Å². The Morgan fingerprint density at radius 2 is 2.12 bits per heavy atom. The molecule has 0 N–H and O–H groups in total. The van der Waals surface area contributed by atoms with Crippen LogP contribution in [0, 0.1) is 0 Å². The number of hydrogen-bond acceptors (Lipinski definition) is 0. The number of aryl methyl sites for hydroxylation is 2. The summed E-state index contributed by atoms with van der Waals surface area (Å²) >= 11 is 0. The molecule has 16 heavy (non-hydrogen) atoms. The summed E-state index contributed by atoms with van der Waals surface area (Å²) in [6.45, 7) is 0. The molecule has 0 aromatic heterocycles. The summed E-state index contributed by atoms with van der Waals surface area (Å²) in [6, 6.07) is 17.9. The SMILES string of the molecule is c1cc2c3c4c(c1)ccc4[cH+]cc[c+]3CC2. The Morgan fingerprint density at radius 3 is 3.12 bits per heavy atom. The molecule has 74 valence electrons. The zero-order chi connectivity index (χ0) is 10.5. The van der Waals surface area contributed by atoms with E-state index >= 15 is 0 Å². The molecule has 0 heteroatoms. The monoisotopic (exact) mass is 204 g/mol. The van der Waals surface area contributed by atoms with E-state index in [1.807, 2.05) is 0 Å². The van der Waals surface area contributed by atoms with Gasteiger partial charge in [-0.25, -0.2) is 0 Å². The highest BCUT2D eigenvalue weighted by atomic mass is 14.2. The van der Waals surface area contributed by atoms with Gasteiger partial charge in [-0.15, -0.1) is 0 Å². The van der Waals surface area contributed by atoms with Crippen LogP contribution in [0.1, 0.15) is 11.1 Å². The van der Waals surface area contributed by atoms with Crippen molar-refractivity contribution in [3.63, 3.8) is 0 Å². The third-order valence-corrected chi connectivity index (χ3v) is 3.72. The molecule has 0 aliphatic heterocycles. The van der Waals surface area contributed by atoms with Crippen molar-refractivity contribution in [1.82, 2.24) is 0 Å². The Balaban J connectivity index is 2.47. The molecule has 1 aliphatic carbocycles. The molecule has 0 nitrogen and oxygen atoms in total. The van der Waals surface area contributed by atoms with Gasteiger partial charge in [0, 0.05) is 29.9 Å². The second-order valence-electron chi connectivity index (χ2n) is 4.60. The van der Waals surface area contributed by atoms with Gasteiger partial charge < -0.3 is 0 Å². The predicted octanol–water partition coefficient (Wildman–Crippen LogP) is 4.09. The first kappa shape index (κ1) is 8.35. The summed E-state index contributed by atoms with van der Waals surface area (Å²) < 4.78 is 0. The van der Waals surface area contributed by atoms with Crippen molar-refractivity contribution in [2.24, 2.45) is 0 Å². The smallest absolute Gasteiger partial charge is 0.0506 e. The van der Waals surface area contributed by atoms with Crippen molar-refractivity contribution >= 4 is 21.5 Å². The van der Waals surface area contributed by atoms with E-state index in [9.17, 15) is 0 Å². The van der Waals surface area contributed by atoms with Crippen molar-refractivity contribution in [2.75, 3.05) is 0 Å².